The third-order valence-electron chi connectivity index (χ3n) is 2.02. The summed E-state index contributed by atoms with van der Waals surface area (Å²) in [5.74, 6) is 0. The van der Waals surface area contributed by atoms with Crippen LogP contribution < -0.4 is 0 Å². The molecule has 4 nitrogen and oxygen atoms in total. The van der Waals surface area contributed by atoms with Crippen LogP contribution in [0.3, 0.4) is 0 Å². The van der Waals surface area contributed by atoms with Crippen LogP contribution in [0.1, 0.15) is 5.56 Å². The Hall–Kier alpha value is -2.23. The van der Waals surface area contributed by atoms with Crippen LogP contribution in [0, 0.1) is 10.1 Å². The van der Waals surface area contributed by atoms with Crippen molar-refractivity contribution in [2.45, 2.75) is 0 Å². The smallest absolute Gasteiger partial charge is 0.235 e. The first-order valence-corrected chi connectivity index (χ1v) is 4.42. The van der Waals surface area contributed by atoms with Crippen molar-refractivity contribution in [1.29, 1.82) is 0 Å². The van der Waals surface area contributed by atoms with Crippen molar-refractivity contribution < 1.29 is 4.92 Å². The minimum atomic E-state index is -0.479. The lowest BCUT2D eigenvalue weighted by atomic mass is 10.1. The van der Waals surface area contributed by atoms with E-state index in [4.69, 9.17) is 0 Å². The van der Waals surface area contributed by atoms with Crippen LogP contribution in [0.15, 0.2) is 42.7 Å². The van der Waals surface area contributed by atoms with Crippen LogP contribution in [-0.4, -0.2) is 9.91 Å². The lowest BCUT2D eigenvalue weighted by Crippen LogP contribution is -1.83. The highest BCUT2D eigenvalue weighted by atomic mass is 16.6. The average molecular weight is 200 g/mol. The summed E-state index contributed by atoms with van der Waals surface area (Å²) in [5, 5.41) is 11.1. The Morgan fingerprint density at radius 2 is 2.20 bits per heavy atom. The normalized spacial score (nSPS) is 10.9. The fourth-order valence-electron chi connectivity index (χ4n) is 1.34. The minimum absolute atomic E-state index is 0.479. The van der Waals surface area contributed by atoms with Gasteiger partial charge in [-0.3, -0.25) is 15.1 Å². The van der Waals surface area contributed by atoms with E-state index < -0.39 is 4.92 Å². The van der Waals surface area contributed by atoms with Gasteiger partial charge in [0.05, 0.1) is 10.4 Å². The zero-order chi connectivity index (χ0) is 10.7. The quantitative estimate of drug-likeness (QED) is 0.552. The molecule has 1 aromatic heterocycles. The van der Waals surface area contributed by atoms with Gasteiger partial charge in [-0.25, -0.2) is 0 Å². The van der Waals surface area contributed by atoms with Gasteiger partial charge in [0.2, 0.25) is 6.20 Å². The second kappa shape index (κ2) is 3.88. The lowest BCUT2D eigenvalue weighted by molar-refractivity contribution is -0.400. The fourth-order valence-corrected chi connectivity index (χ4v) is 1.34. The number of fused-ring (bicyclic) bond motifs is 1. The zero-order valence-electron chi connectivity index (χ0n) is 7.83. The van der Waals surface area contributed by atoms with E-state index >= 15 is 0 Å². The van der Waals surface area contributed by atoms with Crippen LogP contribution in [-0.2, 0) is 0 Å². The maximum atomic E-state index is 10.1. The molecule has 0 N–H and O–H groups in total. The third kappa shape index (κ3) is 2.17. The van der Waals surface area contributed by atoms with Gasteiger partial charge in [0.1, 0.15) is 0 Å². The molecule has 0 amide bonds. The molecular weight excluding hydrogens is 192 g/mol. The number of nitrogens with zero attached hydrogens (tertiary/aromatic N) is 2. The van der Waals surface area contributed by atoms with Crippen molar-refractivity contribution in [2.24, 2.45) is 0 Å². The SMILES string of the molecule is O=[N+]([O-])C=Cc1ccc2ncccc2c1. The Morgan fingerprint density at radius 3 is 3.00 bits per heavy atom. The lowest BCUT2D eigenvalue weighted by Gasteiger charge is -1.96. The van der Waals surface area contributed by atoms with Crippen molar-refractivity contribution in [2.75, 3.05) is 0 Å². The number of nitro groups is 1. The number of pyridine rings is 1. The Balaban J connectivity index is 2.43. The van der Waals surface area contributed by atoms with Gasteiger partial charge in [0.25, 0.3) is 0 Å². The molecular formula is C11H8N2O2. The van der Waals surface area contributed by atoms with E-state index in [1.165, 1.54) is 6.08 Å². The fraction of sp³-hybridized carbons (Fsp3) is 0. The standard InChI is InChI=1S/C11H8N2O2/c14-13(15)7-5-9-3-4-11-10(8-9)2-1-6-12-11/h1-8H. The van der Waals surface area contributed by atoms with Crippen molar-refractivity contribution in [3.63, 3.8) is 0 Å². The summed E-state index contributed by atoms with van der Waals surface area (Å²) in [6, 6.07) is 9.27. The molecule has 0 spiro atoms. The molecule has 0 atom stereocenters. The molecule has 1 aromatic carbocycles. The van der Waals surface area contributed by atoms with E-state index in [1.54, 1.807) is 12.3 Å². The Morgan fingerprint density at radius 1 is 1.33 bits per heavy atom. The van der Waals surface area contributed by atoms with Gasteiger partial charge in [-0.2, -0.15) is 0 Å². The van der Waals surface area contributed by atoms with E-state index in [1.807, 2.05) is 24.3 Å². The topological polar surface area (TPSA) is 56.0 Å². The highest BCUT2D eigenvalue weighted by Crippen LogP contribution is 2.14. The number of aromatic nitrogens is 1. The summed E-state index contributed by atoms with van der Waals surface area (Å²) in [6.07, 6.45) is 4.11. The Kier molecular flexibility index (Phi) is 2.41. The predicted octanol–water partition coefficient (Wildman–Crippen LogP) is 2.48. The molecule has 2 rings (SSSR count). The Bertz CT molecular complexity index is 535. The maximum absolute atomic E-state index is 10.1. The number of hydrogen-bond donors (Lipinski definition) is 0. The van der Waals surface area contributed by atoms with E-state index in [0.29, 0.717) is 0 Å². The minimum Gasteiger partial charge on any atom is -0.259 e. The van der Waals surface area contributed by atoms with Crippen molar-refractivity contribution in [1.82, 2.24) is 4.98 Å². The number of rotatable bonds is 2. The van der Waals surface area contributed by atoms with Gasteiger partial charge < -0.3 is 0 Å². The largest absolute Gasteiger partial charge is 0.259 e. The summed E-state index contributed by atoms with van der Waals surface area (Å²) < 4.78 is 0. The van der Waals surface area contributed by atoms with E-state index in [-0.39, 0.29) is 0 Å². The molecule has 1 heterocycles. The predicted molar refractivity (Wildman–Crippen MR) is 57.8 cm³/mol. The van der Waals surface area contributed by atoms with Crippen LogP contribution in [0.25, 0.3) is 17.0 Å². The van der Waals surface area contributed by atoms with Crippen LogP contribution >= 0.6 is 0 Å². The van der Waals surface area contributed by atoms with Crippen LogP contribution in [0.2, 0.25) is 0 Å². The molecule has 0 radical (unpaired) electrons. The molecule has 4 heteroatoms. The molecule has 15 heavy (non-hydrogen) atoms. The van der Waals surface area contributed by atoms with E-state index in [2.05, 4.69) is 4.98 Å². The second-order valence-electron chi connectivity index (χ2n) is 3.06. The summed E-state index contributed by atoms with van der Waals surface area (Å²) in [5.41, 5.74) is 1.68. The van der Waals surface area contributed by atoms with Crippen molar-refractivity contribution >= 4 is 17.0 Å². The highest BCUT2D eigenvalue weighted by molar-refractivity contribution is 5.80. The molecule has 74 valence electrons. The number of benzene rings is 1. The zero-order valence-corrected chi connectivity index (χ0v) is 7.83. The van der Waals surface area contributed by atoms with Gasteiger partial charge in [-0.1, -0.05) is 12.1 Å². The summed E-state index contributed by atoms with van der Waals surface area (Å²) in [4.78, 5) is 13.8. The first-order valence-electron chi connectivity index (χ1n) is 4.42. The highest BCUT2D eigenvalue weighted by Gasteiger charge is 1.95. The molecule has 2 aromatic rings. The molecule has 0 aliphatic heterocycles. The number of hydrogen-bond acceptors (Lipinski definition) is 3. The van der Waals surface area contributed by atoms with Gasteiger partial charge >= 0.3 is 0 Å². The summed E-state index contributed by atoms with van der Waals surface area (Å²) >= 11 is 0. The van der Waals surface area contributed by atoms with Gasteiger partial charge in [-0.15, -0.1) is 0 Å². The first kappa shape index (κ1) is 9.33. The van der Waals surface area contributed by atoms with Crippen LogP contribution in [0.4, 0.5) is 0 Å². The van der Waals surface area contributed by atoms with Crippen molar-refractivity contribution in [3.05, 3.63) is 58.4 Å². The summed E-state index contributed by atoms with van der Waals surface area (Å²) in [7, 11) is 0. The molecule has 0 aliphatic rings. The van der Waals surface area contributed by atoms with Crippen LogP contribution in [0.5, 0.6) is 0 Å². The average Bonchev–Trinajstić information content (AvgIpc) is 2.26. The maximum Gasteiger partial charge on any atom is 0.235 e. The second-order valence-corrected chi connectivity index (χ2v) is 3.06. The van der Waals surface area contributed by atoms with E-state index in [9.17, 15) is 10.1 Å². The molecule has 0 saturated heterocycles. The van der Waals surface area contributed by atoms with Gasteiger partial charge in [0, 0.05) is 17.7 Å². The first-order chi connectivity index (χ1) is 7.25. The molecule has 0 bridgehead atoms. The monoisotopic (exact) mass is 200 g/mol. The van der Waals surface area contributed by atoms with E-state index in [0.717, 1.165) is 22.7 Å². The molecule has 0 aliphatic carbocycles. The third-order valence-corrected chi connectivity index (χ3v) is 2.02. The molecule has 0 unspecified atom stereocenters. The Labute approximate surface area is 86.0 Å². The van der Waals surface area contributed by atoms with Gasteiger partial charge in [0.15, 0.2) is 0 Å². The molecule has 0 saturated carbocycles. The summed E-state index contributed by atoms with van der Waals surface area (Å²) in [6.45, 7) is 0. The molecule has 0 fully saturated rings. The van der Waals surface area contributed by atoms with Gasteiger partial charge in [-0.05, 0) is 23.8 Å². The van der Waals surface area contributed by atoms with Crippen molar-refractivity contribution in [3.8, 4) is 0 Å².